The van der Waals surface area contributed by atoms with E-state index in [-0.39, 0.29) is 0 Å². The van der Waals surface area contributed by atoms with Crippen molar-refractivity contribution in [3.05, 3.63) is 17.5 Å². The van der Waals surface area contributed by atoms with E-state index in [9.17, 15) is 5.11 Å². The van der Waals surface area contributed by atoms with Crippen LogP contribution in [-0.4, -0.2) is 33.6 Å². The minimum atomic E-state index is -0.536. The first-order valence-electron chi connectivity index (χ1n) is 6.98. The molecular weight excluding hydrogens is 226 g/mol. The summed E-state index contributed by atoms with van der Waals surface area (Å²) < 4.78 is 1.92. The minimum Gasteiger partial charge on any atom is -0.389 e. The van der Waals surface area contributed by atoms with E-state index in [1.165, 1.54) is 0 Å². The van der Waals surface area contributed by atoms with Gasteiger partial charge in [-0.25, -0.2) is 0 Å². The Morgan fingerprint density at radius 1 is 1.50 bits per heavy atom. The highest BCUT2D eigenvalue weighted by Gasteiger charge is 2.33. The average Bonchev–Trinajstić information content (AvgIpc) is 2.71. The number of aromatic nitrogens is 2. The van der Waals surface area contributed by atoms with Crippen LogP contribution in [-0.2, 0) is 19.9 Å². The lowest BCUT2D eigenvalue weighted by molar-refractivity contribution is -0.00390. The standard InChI is InChI=1S/C14H25N3O/c1-4-11-9-13(17(3)16-11)10-14(18)7-5-12(15-2)6-8-14/h9,12,15,18H,4-8,10H2,1-3H3. The molecule has 1 fully saturated rings. The monoisotopic (exact) mass is 251 g/mol. The SMILES string of the molecule is CCc1cc(CC2(O)CCC(NC)CC2)n(C)n1. The molecule has 4 heteroatoms. The van der Waals surface area contributed by atoms with E-state index in [0.29, 0.717) is 6.04 Å². The fourth-order valence-electron chi connectivity index (χ4n) is 2.87. The molecular formula is C14H25N3O. The van der Waals surface area contributed by atoms with Gasteiger partial charge in [-0.15, -0.1) is 0 Å². The Kier molecular flexibility index (Phi) is 4.07. The first kappa shape index (κ1) is 13.6. The molecule has 0 spiro atoms. The molecule has 102 valence electrons. The number of nitrogens with zero attached hydrogens (tertiary/aromatic N) is 2. The molecule has 0 aliphatic heterocycles. The van der Waals surface area contributed by atoms with Crippen molar-refractivity contribution in [1.82, 2.24) is 15.1 Å². The van der Waals surface area contributed by atoms with E-state index in [1.807, 2.05) is 18.8 Å². The van der Waals surface area contributed by atoms with Gasteiger partial charge in [0.1, 0.15) is 0 Å². The van der Waals surface area contributed by atoms with Crippen molar-refractivity contribution in [2.75, 3.05) is 7.05 Å². The van der Waals surface area contributed by atoms with E-state index in [0.717, 1.165) is 49.9 Å². The molecule has 0 atom stereocenters. The van der Waals surface area contributed by atoms with Crippen LogP contribution in [0.1, 0.15) is 44.0 Å². The number of aryl methyl sites for hydroxylation is 2. The molecule has 1 aliphatic carbocycles. The molecule has 4 nitrogen and oxygen atoms in total. The second kappa shape index (κ2) is 5.41. The summed E-state index contributed by atoms with van der Waals surface area (Å²) in [7, 11) is 3.97. The maximum atomic E-state index is 10.7. The van der Waals surface area contributed by atoms with E-state index >= 15 is 0 Å². The third-order valence-corrected chi connectivity index (χ3v) is 4.22. The topological polar surface area (TPSA) is 50.1 Å². The first-order valence-corrected chi connectivity index (χ1v) is 6.98. The molecule has 1 aromatic heterocycles. The Labute approximate surface area is 109 Å². The van der Waals surface area contributed by atoms with Crippen molar-refractivity contribution in [3.8, 4) is 0 Å². The van der Waals surface area contributed by atoms with Gasteiger partial charge in [0.15, 0.2) is 0 Å². The van der Waals surface area contributed by atoms with Crippen LogP contribution in [0.2, 0.25) is 0 Å². The Bertz CT molecular complexity index is 392. The first-order chi connectivity index (χ1) is 8.56. The lowest BCUT2D eigenvalue weighted by Crippen LogP contribution is -2.41. The number of hydrogen-bond acceptors (Lipinski definition) is 3. The molecule has 2 N–H and O–H groups in total. The minimum absolute atomic E-state index is 0.536. The molecule has 1 saturated carbocycles. The van der Waals surface area contributed by atoms with Crippen molar-refractivity contribution in [2.45, 2.75) is 57.1 Å². The number of rotatable bonds is 4. The summed E-state index contributed by atoms with van der Waals surface area (Å²) >= 11 is 0. The van der Waals surface area contributed by atoms with Gasteiger partial charge in [-0.3, -0.25) is 4.68 Å². The summed E-state index contributed by atoms with van der Waals surface area (Å²) in [6.45, 7) is 2.11. The summed E-state index contributed by atoms with van der Waals surface area (Å²) in [5, 5.41) is 18.4. The van der Waals surface area contributed by atoms with Crippen LogP contribution in [0.3, 0.4) is 0 Å². The van der Waals surface area contributed by atoms with Crippen molar-refractivity contribution in [2.24, 2.45) is 7.05 Å². The van der Waals surface area contributed by atoms with Gasteiger partial charge in [0.05, 0.1) is 11.3 Å². The van der Waals surface area contributed by atoms with Crippen LogP contribution in [0.15, 0.2) is 6.07 Å². The summed E-state index contributed by atoms with van der Waals surface area (Å²) in [6.07, 6.45) is 5.56. The maximum absolute atomic E-state index is 10.7. The number of aliphatic hydroxyl groups is 1. The molecule has 18 heavy (non-hydrogen) atoms. The van der Waals surface area contributed by atoms with E-state index in [1.54, 1.807) is 0 Å². The Hall–Kier alpha value is -0.870. The van der Waals surface area contributed by atoms with Crippen molar-refractivity contribution in [1.29, 1.82) is 0 Å². The lowest BCUT2D eigenvalue weighted by atomic mass is 9.79. The fraction of sp³-hybridized carbons (Fsp3) is 0.786. The van der Waals surface area contributed by atoms with Gasteiger partial charge in [-0.1, -0.05) is 6.92 Å². The second-order valence-corrected chi connectivity index (χ2v) is 5.57. The van der Waals surface area contributed by atoms with Crippen LogP contribution < -0.4 is 5.32 Å². The molecule has 2 rings (SSSR count). The zero-order valence-electron chi connectivity index (χ0n) is 11.7. The van der Waals surface area contributed by atoms with Crippen LogP contribution in [0.25, 0.3) is 0 Å². The highest BCUT2D eigenvalue weighted by Crippen LogP contribution is 2.31. The summed E-state index contributed by atoms with van der Waals surface area (Å²) in [4.78, 5) is 0. The molecule has 0 unspecified atom stereocenters. The Morgan fingerprint density at radius 3 is 2.67 bits per heavy atom. The van der Waals surface area contributed by atoms with Crippen molar-refractivity contribution in [3.63, 3.8) is 0 Å². The molecule has 0 aromatic carbocycles. The smallest absolute Gasteiger partial charge is 0.0704 e. The molecule has 1 heterocycles. The summed E-state index contributed by atoms with van der Waals surface area (Å²) in [5.41, 5.74) is 1.73. The van der Waals surface area contributed by atoms with Crippen molar-refractivity contribution >= 4 is 0 Å². The molecule has 1 aliphatic rings. The van der Waals surface area contributed by atoms with Crippen LogP contribution in [0.4, 0.5) is 0 Å². The Balaban J connectivity index is 2.02. The third kappa shape index (κ3) is 2.93. The Morgan fingerprint density at radius 2 is 2.17 bits per heavy atom. The molecule has 0 saturated heterocycles. The fourth-order valence-corrected chi connectivity index (χ4v) is 2.87. The largest absolute Gasteiger partial charge is 0.389 e. The highest BCUT2D eigenvalue weighted by atomic mass is 16.3. The highest BCUT2D eigenvalue weighted by molar-refractivity contribution is 5.13. The molecule has 0 radical (unpaired) electrons. The van der Waals surface area contributed by atoms with E-state index in [2.05, 4.69) is 23.4 Å². The van der Waals surface area contributed by atoms with Crippen LogP contribution in [0, 0.1) is 0 Å². The maximum Gasteiger partial charge on any atom is 0.0704 e. The van der Waals surface area contributed by atoms with Gasteiger partial charge in [0.2, 0.25) is 0 Å². The zero-order chi connectivity index (χ0) is 13.2. The van der Waals surface area contributed by atoms with Gasteiger partial charge < -0.3 is 10.4 Å². The normalized spacial score (nSPS) is 28.6. The summed E-state index contributed by atoms with van der Waals surface area (Å²) in [5.74, 6) is 0. The van der Waals surface area contributed by atoms with E-state index in [4.69, 9.17) is 0 Å². The number of nitrogens with one attached hydrogen (secondary N) is 1. The predicted molar refractivity (Wildman–Crippen MR) is 72.6 cm³/mol. The van der Waals surface area contributed by atoms with Gasteiger partial charge in [-0.05, 0) is 45.2 Å². The van der Waals surface area contributed by atoms with Gasteiger partial charge >= 0.3 is 0 Å². The second-order valence-electron chi connectivity index (χ2n) is 5.57. The van der Waals surface area contributed by atoms with Crippen LogP contribution >= 0.6 is 0 Å². The zero-order valence-corrected chi connectivity index (χ0v) is 11.7. The molecule has 0 bridgehead atoms. The molecule has 0 amide bonds. The van der Waals surface area contributed by atoms with E-state index < -0.39 is 5.60 Å². The number of hydrogen-bond donors (Lipinski definition) is 2. The van der Waals surface area contributed by atoms with Crippen LogP contribution in [0.5, 0.6) is 0 Å². The van der Waals surface area contributed by atoms with Gasteiger partial charge in [0, 0.05) is 25.2 Å². The average molecular weight is 251 g/mol. The van der Waals surface area contributed by atoms with Crippen molar-refractivity contribution < 1.29 is 5.11 Å². The van der Waals surface area contributed by atoms with Gasteiger partial charge in [-0.2, -0.15) is 5.10 Å². The predicted octanol–water partition coefficient (Wildman–Crippen LogP) is 1.42. The molecule has 1 aromatic rings. The quantitative estimate of drug-likeness (QED) is 0.851. The van der Waals surface area contributed by atoms with Gasteiger partial charge in [0.25, 0.3) is 0 Å². The lowest BCUT2D eigenvalue weighted by Gasteiger charge is -2.36. The summed E-state index contributed by atoms with van der Waals surface area (Å²) in [6, 6.07) is 2.70. The third-order valence-electron chi connectivity index (χ3n) is 4.22.